The first-order valence-electron chi connectivity index (χ1n) is 7.64. The summed E-state index contributed by atoms with van der Waals surface area (Å²) < 4.78 is 5.89. The van der Waals surface area contributed by atoms with Gasteiger partial charge >= 0.3 is 0 Å². The van der Waals surface area contributed by atoms with Gasteiger partial charge in [-0.2, -0.15) is 0 Å². The average molecular weight is 295 g/mol. The number of ether oxygens (including phenoxy) is 1. The monoisotopic (exact) mass is 295 g/mol. The van der Waals surface area contributed by atoms with Crippen molar-refractivity contribution in [2.75, 3.05) is 13.6 Å². The molecule has 0 N–H and O–H groups in total. The topological polar surface area (TPSA) is 29.5 Å². The zero-order valence-electron chi connectivity index (χ0n) is 13.1. The number of hydrogen-bond acceptors (Lipinski definition) is 2. The Morgan fingerprint density at radius 2 is 1.95 bits per heavy atom. The molecule has 2 aromatic rings. The van der Waals surface area contributed by atoms with Crippen LogP contribution < -0.4 is 0 Å². The van der Waals surface area contributed by atoms with Crippen molar-refractivity contribution in [2.24, 2.45) is 0 Å². The SMILES string of the molecule is Cc1cccc(C(=O)N(C)CC2Cc3ccccc3CO2)c1. The Balaban J connectivity index is 1.65. The summed E-state index contributed by atoms with van der Waals surface area (Å²) in [4.78, 5) is 14.2. The Morgan fingerprint density at radius 3 is 2.73 bits per heavy atom. The van der Waals surface area contributed by atoms with Crippen LogP contribution in [0, 0.1) is 6.92 Å². The molecule has 1 amide bonds. The van der Waals surface area contributed by atoms with E-state index < -0.39 is 0 Å². The molecule has 0 bridgehead atoms. The predicted octanol–water partition coefficient (Wildman–Crippen LogP) is 3.21. The smallest absolute Gasteiger partial charge is 0.253 e. The molecule has 0 aliphatic carbocycles. The van der Waals surface area contributed by atoms with Gasteiger partial charge in [0, 0.05) is 25.6 Å². The second-order valence-electron chi connectivity index (χ2n) is 5.96. The molecular formula is C19H21NO2. The zero-order valence-corrected chi connectivity index (χ0v) is 13.1. The molecule has 0 saturated carbocycles. The summed E-state index contributed by atoms with van der Waals surface area (Å²) in [7, 11) is 1.84. The molecule has 1 heterocycles. The lowest BCUT2D eigenvalue weighted by atomic mass is 9.99. The number of rotatable bonds is 3. The van der Waals surface area contributed by atoms with Crippen molar-refractivity contribution in [3.05, 3.63) is 70.8 Å². The van der Waals surface area contributed by atoms with E-state index in [-0.39, 0.29) is 12.0 Å². The predicted molar refractivity (Wildman–Crippen MR) is 86.9 cm³/mol. The molecule has 3 nitrogen and oxygen atoms in total. The number of likely N-dealkylation sites (N-methyl/N-ethyl adjacent to an activating group) is 1. The number of nitrogens with zero attached hydrogens (tertiary/aromatic N) is 1. The Hall–Kier alpha value is -2.13. The average Bonchev–Trinajstić information content (AvgIpc) is 2.54. The highest BCUT2D eigenvalue weighted by Crippen LogP contribution is 2.21. The molecule has 0 aromatic heterocycles. The van der Waals surface area contributed by atoms with Crippen LogP contribution in [0.3, 0.4) is 0 Å². The number of carbonyl (C=O) groups is 1. The van der Waals surface area contributed by atoms with E-state index in [1.165, 1.54) is 11.1 Å². The first kappa shape index (κ1) is 14.8. The van der Waals surface area contributed by atoms with E-state index >= 15 is 0 Å². The molecule has 1 aliphatic rings. The molecule has 3 heteroatoms. The highest BCUT2D eigenvalue weighted by molar-refractivity contribution is 5.94. The molecule has 0 radical (unpaired) electrons. The van der Waals surface area contributed by atoms with Gasteiger partial charge in [0.2, 0.25) is 0 Å². The summed E-state index contributed by atoms with van der Waals surface area (Å²) in [5.74, 6) is 0.0474. The van der Waals surface area contributed by atoms with Gasteiger partial charge in [0.1, 0.15) is 0 Å². The first-order chi connectivity index (χ1) is 10.6. The number of carbonyl (C=O) groups excluding carboxylic acids is 1. The number of aryl methyl sites for hydroxylation is 1. The summed E-state index contributed by atoms with van der Waals surface area (Å²) in [5, 5.41) is 0. The fourth-order valence-corrected chi connectivity index (χ4v) is 2.91. The summed E-state index contributed by atoms with van der Waals surface area (Å²) in [6.45, 7) is 3.24. The maximum Gasteiger partial charge on any atom is 0.253 e. The standard InChI is InChI=1S/C19H21NO2/c1-14-6-5-9-16(10-14)19(21)20(2)12-18-11-15-7-3-4-8-17(15)13-22-18/h3-10,18H,11-13H2,1-2H3. The van der Waals surface area contributed by atoms with Crippen LogP contribution in [0.25, 0.3) is 0 Å². The maximum absolute atomic E-state index is 12.5. The molecule has 0 spiro atoms. The second-order valence-corrected chi connectivity index (χ2v) is 5.96. The van der Waals surface area contributed by atoms with Gasteiger partial charge < -0.3 is 9.64 Å². The zero-order chi connectivity index (χ0) is 15.5. The van der Waals surface area contributed by atoms with Crippen LogP contribution in [-0.2, 0) is 17.8 Å². The third-order valence-electron chi connectivity index (χ3n) is 4.13. The summed E-state index contributed by atoms with van der Waals surface area (Å²) in [6, 6.07) is 16.1. The van der Waals surface area contributed by atoms with Crippen LogP contribution >= 0.6 is 0 Å². The van der Waals surface area contributed by atoms with Crippen molar-refractivity contribution in [3.8, 4) is 0 Å². The number of benzene rings is 2. The molecule has 2 aromatic carbocycles. The Morgan fingerprint density at radius 1 is 1.18 bits per heavy atom. The molecule has 1 aliphatic heterocycles. The number of hydrogen-bond donors (Lipinski definition) is 0. The number of fused-ring (bicyclic) bond motifs is 1. The quantitative estimate of drug-likeness (QED) is 0.870. The lowest BCUT2D eigenvalue weighted by Gasteiger charge is -2.29. The molecule has 22 heavy (non-hydrogen) atoms. The lowest BCUT2D eigenvalue weighted by molar-refractivity contribution is 0.00985. The Bertz CT molecular complexity index is 681. The van der Waals surface area contributed by atoms with Crippen LogP contribution in [0.5, 0.6) is 0 Å². The molecular weight excluding hydrogens is 274 g/mol. The summed E-state index contributed by atoms with van der Waals surface area (Å²) >= 11 is 0. The van der Waals surface area contributed by atoms with Crippen LogP contribution in [0.2, 0.25) is 0 Å². The minimum atomic E-state index is 0.0474. The fraction of sp³-hybridized carbons (Fsp3) is 0.316. The van der Waals surface area contributed by atoms with E-state index in [9.17, 15) is 4.79 Å². The normalized spacial score (nSPS) is 16.9. The molecule has 1 atom stereocenters. The van der Waals surface area contributed by atoms with E-state index in [2.05, 4.69) is 18.2 Å². The summed E-state index contributed by atoms with van der Waals surface area (Å²) in [5.41, 5.74) is 4.42. The Labute approximate surface area is 131 Å². The van der Waals surface area contributed by atoms with Crippen LogP contribution in [0.15, 0.2) is 48.5 Å². The van der Waals surface area contributed by atoms with E-state index in [1.807, 2.05) is 44.3 Å². The van der Waals surface area contributed by atoms with Gasteiger partial charge in [-0.25, -0.2) is 0 Å². The Kier molecular flexibility index (Phi) is 4.25. The van der Waals surface area contributed by atoms with Gasteiger partial charge in [0.15, 0.2) is 0 Å². The largest absolute Gasteiger partial charge is 0.371 e. The molecule has 0 saturated heterocycles. The molecule has 0 fully saturated rings. The van der Waals surface area contributed by atoms with E-state index in [4.69, 9.17) is 4.74 Å². The van der Waals surface area contributed by atoms with Gasteiger partial charge in [-0.1, -0.05) is 42.0 Å². The van der Waals surface area contributed by atoms with E-state index in [0.717, 1.165) is 17.5 Å². The third-order valence-corrected chi connectivity index (χ3v) is 4.13. The highest BCUT2D eigenvalue weighted by Gasteiger charge is 2.22. The van der Waals surface area contributed by atoms with Crippen molar-refractivity contribution in [1.29, 1.82) is 0 Å². The van der Waals surface area contributed by atoms with Crippen LogP contribution in [-0.4, -0.2) is 30.5 Å². The molecule has 114 valence electrons. The minimum absolute atomic E-state index is 0.0474. The molecule has 1 unspecified atom stereocenters. The fourth-order valence-electron chi connectivity index (χ4n) is 2.91. The van der Waals surface area contributed by atoms with Crippen molar-refractivity contribution in [2.45, 2.75) is 26.1 Å². The van der Waals surface area contributed by atoms with Crippen molar-refractivity contribution in [3.63, 3.8) is 0 Å². The van der Waals surface area contributed by atoms with Crippen LogP contribution in [0.4, 0.5) is 0 Å². The molecule has 3 rings (SSSR count). The number of amides is 1. The third kappa shape index (κ3) is 3.20. The maximum atomic E-state index is 12.5. The first-order valence-corrected chi connectivity index (χ1v) is 7.64. The van der Waals surface area contributed by atoms with Crippen molar-refractivity contribution >= 4 is 5.91 Å². The van der Waals surface area contributed by atoms with Gasteiger partial charge in [-0.05, 0) is 30.2 Å². The minimum Gasteiger partial charge on any atom is -0.371 e. The van der Waals surface area contributed by atoms with Crippen LogP contribution in [0.1, 0.15) is 27.0 Å². The van der Waals surface area contributed by atoms with E-state index in [1.54, 1.807) is 4.90 Å². The van der Waals surface area contributed by atoms with E-state index in [0.29, 0.717) is 13.2 Å². The van der Waals surface area contributed by atoms with Crippen molar-refractivity contribution in [1.82, 2.24) is 4.90 Å². The summed E-state index contributed by atoms with van der Waals surface area (Å²) in [6.07, 6.45) is 0.926. The second kappa shape index (κ2) is 6.32. The van der Waals surface area contributed by atoms with Gasteiger partial charge in [-0.15, -0.1) is 0 Å². The van der Waals surface area contributed by atoms with Crippen molar-refractivity contribution < 1.29 is 9.53 Å². The van der Waals surface area contributed by atoms with Gasteiger partial charge in [0.25, 0.3) is 5.91 Å². The van der Waals surface area contributed by atoms with Gasteiger partial charge in [0.05, 0.1) is 12.7 Å². The highest BCUT2D eigenvalue weighted by atomic mass is 16.5. The van der Waals surface area contributed by atoms with Gasteiger partial charge in [-0.3, -0.25) is 4.79 Å². The lowest BCUT2D eigenvalue weighted by Crippen LogP contribution is -2.38.